The third kappa shape index (κ3) is 7.87. The summed E-state index contributed by atoms with van der Waals surface area (Å²) < 4.78 is 18.5. The molecule has 0 aliphatic carbocycles. The second-order valence-electron chi connectivity index (χ2n) is 7.71. The second kappa shape index (κ2) is 13.7. The summed E-state index contributed by atoms with van der Waals surface area (Å²) in [7, 11) is 0. The van der Waals surface area contributed by atoms with E-state index in [4.69, 9.17) is 14.2 Å². The van der Waals surface area contributed by atoms with E-state index in [1.165, 1.54) is 11.8 Å². The van der Waals surface area contributed by atoms with Crippen molar-refractivity contribution in [2.24, 2.45) is 0 Å². The molecule has 2 aromatic carbocycles. The van der Waals surface area contributed by atoms with Crippen molar-refractivity contribution in [3.8, 4) is 11.5 Å². The molecule has 0 fully saturated rings. The van der Waals surface area contributed by atoms with Crippen molar-refractivity contribution in [2.75, 3.05) is 25.8 Å². The molecule has 1 heterocycles. The molecule has 0 spiro atoms. The van der Waals surface area contributed by atoms with Gasteiger partial charge in [0.25, 0.3) is 5.91 Å². The molecule has 0 amide bonds. The van der Waals surface area contributed by atoms with Crippen molar-refractivity contribution in [2.45, 2.75) is 32.6 Å². The highest BCUT2D eigenvalue weighted by Gasteiger charge is 2.20. The van der Waals surface area contributed by atoms with Crippen LogP contribution in [-0.2, 0) is 14.3 Å². The van der Waals surface area contributed by atoms with Crippen LogP contribution in [0.1, 0.15) is 48.7 Å². The Hall–Kier alpha value is -2.87. The zero-order chi connectivity index (χ0) is 24.2. The number of ether oxygens (including phenoxy) is 3. The van der Waals surface area contributed by atoms with Gasteiger partial charge in [-0.25, -0.2) is 0 Å². The Balaban J connectivity index is 1.70. The van der Waals surface area contributed by atoms with Gasteiger partial charge in [0, 0.05) is 42.7 Å². The number of benzene rings is 2. The average molecular weight is 482 g/mol. The van der Waals surface area contributed by atoms with Crippen LogP contribution in [0.25, 0.3) is 0 Å². The highest BCUT2D eigenvalue weighted by Crippen LogP contribution is 2.26. The molecule has 1 aromatic heterocycles. The van der Waals surface area contributed by atoms with E-state index < -0.39 is 0 Å². The molecular weight excluding hydrogens is 450 g/mol. The van der Waals surface area contributed by atoms with Crippen molar-refractivity contribution < 1.29 is 23.8 Å². The Morgan fingerprint density at radius 1 is 0.941 bits per heavy atom. The summed E-state index contributed by atoms with van der Waals surface area (Å²) in [5.41, 5.74) is 1.46. The molecule has 1 unspecified atom stereocenters. The first kappa shape index (κ1) is 25.7. The third-order valence-corrected chi connectivity index (χ3v) is 6.09. The molecule has 0 saturated carbocycles. The zero-order valence-corrected chi connectivity index (χ0v) is 20.5. The Bertz CT molecular complexity index is 1030. The Morgan fingerprint density at radius 3 is 2.38 bits per heavy atom. The SMILES string of the molecule is CCOCOCC(CCCSC(C)=O)c1cccn1C(=O)c1ccc(Oc2ccccc2)cc1. The molecule has 0 aliphatic rings. The first-order valence-corrected chi connectivity index (χ1v) is 12.4. The van der Waals surface area contributed by atoms with E-state index in [-0.39, 0.29) is 23.7 Å². The molecule has 3 rings (SSSR count). The first-order chi connectivity index (χ1) is 16.6. The van der Waals surface area contributed by atoms with Gasteiger partial charge in [0.15, 0.2) is 5.12 Å². The van der Waals surface area contributed by atoms with Crippen LogP contribution < -0.4 is 4.74 Å². The number of nitrogens with zero attached hydrogens (tertiary/aromatic N) is 1. The van der Waals surface area contributed by atoms with Crippen LogP contribution in [0, 0.1) is 0 Å². The van der Waals surface area contributed by atoms with E-state index >= 15 is 0 Å². The van der Waals surface area contributed by atoms with Gasteiger partial charge < -0.3 is 14.2 Å². The van der Waals surface area contributed by atoms with Crippen molar-refractivity contribution in [3.63, 3.8) is 0 Å². The maximum Gasteiger partial charge on any atom is 0.262 e. The van der Waals surface area contributed by atoms with Gasteiger partial charge in [-0.2, -0.15) is 0 Å². The number of carbonyl (C=O) groups is 2. The lowest BCUT2D eigenvalue weighted by molar-refractivity contribution is -0.109. The first-order valence-electron chi connectivity index (χ1n) is 11.4. The normalized spacial score (nSPS) is 11.8. The van der Waals surface area contributed by atoms with Crippen molar-refractivity contribution in [1.82, 2.24) is 4.57 Å². The number of thioether (sulfide) groups is 1. The zero-order valence-electron chi connectivity index (χ0n) is 19.6. The lowest BCUT2D eigenvalue weighted by Crippen LogP contribution is -2.19. The molecule has 3 aromatic rings. The fraction of sp³-hybridized carbons (Fsp3) is 0.333. The van der Waals surface area contributed by atoms with Crippen molar-refractivity contribution >= 4 is 22.8 Å². The Kier molecular flexibility index (Phi) is 10.4. The van der Waals surface area contributed by atoms with Gasteiger partial charge in [-0.1, -0.05) is 30.0 Å². The van der Waals surface area contributed by atoms with E-state index in [1.807, 2.05) is 49.4 Å². The third-order valence-electron chi connectivity index (χ3n) is 5.19. The second-order valence-corrected chi connectivity index (χ2v) is 8.98. The fourth-order valence-corrected chi connectivity index (χ4v) is 4.13. The van der Waals surface area contributed by atoms with Crippen molar-refractivity contribution in [3.05, 3.63) is 84.2 Å². The minimum atomic E-state index is -0.112. The summed E-state index contributed by atoms with van der Waals surface area (Å²) in [6, 6.07) is 20.5. The molecule has 6 nitrogen and oxygen atoms in total. The standard InChI is InChI=1S/C27H31NO5S/c1-3-31-20-32-19-23(9-8-18-34-21(2)29)26-12-7-17-28(26)27(30)22-13-15-25(16-14-22)33-24-10-5-4-6-11-24/h4-7,10-17,23H,3,8-9,18-20H2,1-2H3. The van der Waals surface area contributed by atoms with Gasteiger partial charge in [0.2, 0.25) is 0 Å². The molecule has 0 saturated heterocycles. The average Bonchev–Trinajstić information content (AvgIpc) is 3.33. The number of para-hydroxylation sites is 1. The minimum Gasteiger partial charge on any atom is -0.457 e. The van der Waals surface area contributed by atoms with Gasteiger partial charge in [0.05, 0.1) is 6.61 Å². The molecule has 0 aliphatic heterocycles. The molecular formula is C27H31NO5S. The Morgan fingerprint density at radius 2 is 1.68 bits per heavy atom. The summed E-state index contributed by atoms with van der Waals surface area (Å²) in [6.45, 7) is 4.73. The summed E-state index contributed by atoms with van der Waals surface area (Å²) in [4.78, 5) is 24.6. The van der Waals surface area contributed by atoms with Crippen molar-refractivity contribution in [1.29, 1.82) is 0 Å². The minimum absolute atomic E-state index is 0.00708. The van der Waals surface area contributed by atoms with Crippen LogP contribution >= 0.6 is 11.8 Å². The summed E-state index contributed by atoms with van der Waals surface area (Å²) >= 11 is 1.32. The molecule has 1 atom stereocenters. The molecule has 180 valence electrons. The topological polar surface area (TPSA) is 66.8 Å². The summed E-state index contributed by atoms with van der Waals surface area (Å²) in [6.07, 6.45) is 3.43. The van der Waals surface area contributed by atoms with Gasteiger partial charge in [-0.15, -0.1) is 0 Å². The maximum atomic E-state index is 13.3. The van der Waals surface area contributed by atoms with Gasteiger partial charge in [-0.05, 0) is 68.3 Å². The van der Waals surface area contributed by atoms with Crippen LogP contribution in [0.4, 0.5) is 0 Å². The highest BCUT2D eigenvalue weighted by atomic mass is 32.2. The highest BCUT2D eigenvalue weighted by molar-refractivity contribution is 8.13. The predicted molar refractivity (Wildman–Crippen MR) is 135 cm³/mol. The van der Waals surface area contributed by atoms with E-state index in [9.17, 15) is 9.59 Å². The smallest absolute Gasteiger partial charge is 0.262 e. The van der Waals surface area contributed by atoms with Crippen LogP contribution in [0.15, 0.2) is 72.9 Å². The lowest BCUT2D eigenvalue weighted by atomic mass is 10.0. The quantitative estimate of drug-likeness (QED) is 0.216. The van der Waals surface area contributed by atoms with Crippen LogP contribution in [0.2, 0.25) is 0 Å². The molecule has 0 bridgehead atoms. The maximum absolute atomic E-state index is 13.3. The van der Waals surface area contributed by atoms with Crippen LogP contribution in [0.5, 0.6) is 11.5 Å². The summed E-state index contributed by atoms with van der Waals surface area (Å²) in [5.74, 6) is 2.05. The fourth-order valence-electron chi connectivity index (χ4n) is 3.54. The van der Waals surface area contributed by atoms with Gasteiger partial charge in [0.1, 0.15) is 18.3 Å². The largest absolute Gasteiger partial charge is 0.457 e. The van der Waals surface area contributed by atoms with Crippen LogP contribution in [0.3, 0.4) is 0 Å². The molecule has 7 heteroatoms. The van der Waals surface area contributed by atoms with Gasteiger partial charge >= 0.3 is 0 Å². The Labute approximate surface area is 205 Å². The number of rotatable bonds is 13. The number of hydrogen-bond acceptors (Lipinski definition) is 6. The predicted octanol–water partition coefficient (Wildman–Crippen LogP) is 6.12. The molecule has 0 radical (unpaired) electrons. The lowest BCUT2D eigenvalue weighted by Gasteiger charge is -2.19. The molecule has 0 N–H and O–H groups in total. The van der Waals surface area contributed by atoms with E-state index in [1.54, 1.807) is 42.0 Å². The monoisotopic (exact) mass is 481 g/mol. The number of aromatic nitrogens is 1. The number of carbonyl (C=O) groups excluding carboxylic acids is 2. The summed E-state index contributed by atoms with van der Waals surface area (Å²) in [5, 5.41) is 0.113. The van der Waals surface area contributed by atoms with Crippen LogP contribution in [-0.4, -0.2) is 41.3 Å². The van der Waals surface area contributed by atoms with Gasteiger partial charge in [-0.3, -0.25) is 14.2 Å². The van der Waals surface area contributed by atoms with E-state index in [2.05, 4.69) is 0 Å². The number of hydrogen-bond donors (Lipinski definition) is 0. The van der Waals surface area contributed by atoms with E-state index in [0.29, 0.717) is 24.5 Å². The van der Waals surface area contributed by atoms with E-state index in [0.717, 1.165) is 30.0 Å². The molecule has 34 heavy (non-hydrogen) atoms.